The number of nitrogens with one attached hydrogen (secondary N) is 1. The Balaban J connectivity index is 1.61. The van der Waals surface area contributed by atoms with Crippen LogP contribution in [0.4, 0.5) is 10.1 Å². The average Bonchev–Trinajstić information content (AvgIpc) is 2.96. The number of amides is 2. The third-order valence-corrected chi connectivity index (χ3v) is 4.57. The van der Waals surface area contributed by atoms with Crippen molar-refractivity contribution in [3.05, 3.63) is 64.4 Å². The summed E-state index contributed by atoms with van der Waals surface area (Å²) in [4.78, 5) is 26.4. The summed E-state index contributed by atoms with van der Waals surface area (Å²) in [6.07, 6.45) is 0.490. The topological polar surface area (TPSA) is 49.4 Å². The normalized spacial score (nSPS) is 17.2. The van der Waals surface area contributed by atoms with Gasteiger partial charge in [0.05, 0.1) is 0 Å². The first-order chi connectivity index (χ1) is 11.5. The molecule has 0 spiro atoms. The molecule has 2 aromatic carbocycles. The van der Waals surface area contributed by atoms with Gasteiger partial charge < -0.3 is 10.2 Å². The van der Waals surface area contributed by atoms with Crippen molar-refractivity contribution in [1.29, 1.82) is 0 Å². The van der Waals surface area contributed by atoms with E-state index < -0.39 is 5.92 Å². The summed E-state index contributed by atoms with van der Waals surface area (Å²) < 4.78 is 13.8. The first kappa shape index (κ1) is 16.6. The highest BCUT2D eigenvalue weighted by atomic mass is 79.9. The first-order valence-corrected chi connectivity index (χ1v) is 8.43. The van der Waals surface area contributed by atoms with Gasteiger partial charge in [-0.2, -0.15) is 0 Å². The Labute approximate surface area is 147 Å². The van der Waals surface area contributed by atoms with E-state index in [-0.39, 0.29) is 24.2 Å². The quantitative estimate of drug-likeness (QED) is 0.814. The second kappa shape index (κ2) is 7.13. The van der Waals surface area contributed by atoms with Crippen molar-refractivity contribution in [2.75, 3.05) is 11.4 Å². The van der Waals surface area contributed by atoms with E-state index >= 15 is 0 Å². The summed E-state index contributed by atoms with van der Waals surface area (Å²) in [5.74, 6) is -1.46. The molecule has 2 aromatic rings. The maximum Gasteiger partial charge on any atom is 0.239 e. The van der Waals surface area contributed by atoms with Crippen LogP contribution in [0.2, 0.25) is 0 Å². The van der Waals surface area contributed by atoms with Crippen molar-refractivity contribution in [3.63, 3.8) is 0 Å². The number of carbonyl (C=O) groups excluding carboxylic acids is 2. The van der Waals surface area contributed by atoms with Crippen molar-refractivity contribution in [1.82, 2.24) is 5.32 Å². The van der Waals surface area contributed by atoms with E-state index in [1.165, 1.54) is 12.1 Å². The van der Waals surface area contributed by atoms with Gasteiger partial charge in [0.1, 0.15) is 11.7 Å². The van der Waals surface area contributed by atoms with E-state index in [0.717, 1.165) is 15.7 Å². The van der Waals surface area contributed by atoms with Crippen LogP contribution in [0.15, 0.2) is 53.0 Å². The van der Waals surface area contributed by atoms with Crippen molar-refractivity contribution < 1.29 is 14.0 Å². The Morgan fingerprint density at radius 3 is 2.50 bits per heavy atom. The molecule has 0 aromatic heterocycles. The first-order valence-electron chi connectivity index (χ1n) is 7.64. The molecule has 0 unspecified atom stereocenters. The van der Waals surface area contributed by atoms with Gasteiger partial charge in [0, 0.05) is 23.2 Å². The molecule has 3 rings (SSSR count). The van der Waals surface area contributed by atoms with Crippen LogP contribution in [0.5, 0.6) is 0 Å². The maximum absolute atomic E-state index is 12.9. The molecule has 0 aliphatic carbocycles. The molecule has 0 bridgehead atoms. The summed E-state index contributed by atoms with van der Waals surface area (Å²) in [5.41, 5.74) is 1.58. The van der Waals surface area contributed by atoms with E-state index in [2.05, 4.69) is 21.2 Å². The smallest absolute Gasteiger partial charge is 0.239 e. The Bertz CT molecular complexity index is 747. The molecular formula is C18H16BrFN2O2. The zero-order valence-electron chi connectivity index (χ0n) is 12.8. The molecule has 1 fully saturated rings. The molecule has 1 heterocycles. The van der Waals surface area contributed by atoms with E-state index in [1.54, 1.807) is 17.0 Å². The monoisotopic (exact) mass is 390 g/mol. The van der Waals surface area contributed by atoms with Crippen LogP contribution < -0.4 is 10.2 Å². The zero-order chi connectivity index (χ0) is 17.1. The SMILES string of the molecule is O=C(NCc1ccc(F)cc1)[C@H]1CCN(c2ccc(Br)cc2)C1=O. The van der Waals surface area contributed by atoms with E-state index in [4.69, 9.17) is 0 Å². The van der Waals surface area contributed by atoms with E-state index in [1.807, 2.05) is 24.3 Å². The van der Waals surface area contributed by atoms with Gasteiger partial charge in [-0.05, 0) is 48.4 Å². The fourth-order valence-corrected chi connectivity index (χ4v) is 2.98. The van der Waals surface area contributed by atoms with Crippen LogP contribution in [-0.4, -0.2) is 18.4 Å². The number of rotatable bonds is 4. The highest BCUT2D eigenvalue weighted by molar-refractivity contribution is 9.10. The molecule has 24 heavy (non-hydrogen) atoms. The van der Waals surface area contributed by atoms with Crippen LogP contribution in [0, 0.1) is 11.7 Å². The number of carbonyl (C=O) groups is 2. The maximum atomic E-state index is 12.9. The van der Waals surface area contributed by atoms with Gasteiger partial charge in [-0.15, -0.1) is 0 Å². The Morgan fingerprint density at radius 2 is 1.83 bits per heavy atom. The summed E-state index contributed by atoms with van der Waals surface area (Å²) >= 11 is 3.36. The molecular weight excluding hydrogens is 375 g/mol. The molecule has 1 aliphatic rings. The van der Waals surface area contributed by atoms with E-state index in [0.29, 0.717) is 13.0 Å². The lowest BCUT2D eigenvalue weighted by Gasteiger charge is -2.17. The summed E-state index contributed by atoms with van der Waals surface area (Å²) in [5, 5.41) is 2.76. The second-order valence-corrected chi connectivity index (χ2v) is 6.57. The van der Waals surface area contributed by atoms with Gasteiger partial charge >= 0.3 is 0 Å². The van der Waals surface area contributed by atoms with Gasteiger partial charge in [0.2, 0.25) is 11.8 Å². The van der Waals surface area contributed by atoms with Crippen LogP contribution in [0.3, 0.4) is 0 Å². The molecule has 1 atom stereocenters. The minimum absolute atomic E-state index is 0.186. The minimum Gasteiger partial charge on any atom is -0.351 e. The van der Waals surface area contributed by atoms with Crippen molar-refractivity contribution in [2.45, 2.75) is 13.0 Å². The number of anilines is 1. The number of benzene rings is 2. The summed E-state index contributed by atoms with van der Waals surface area (Å²) in [6.45, 7) is 0.802. The molecule has 1 aliphatic heterocycles. The molecule has 6 heteroatoms. The van der Waals surface area contributed by atoms with Crippen molar-refractivity contribution >= 4 is 33.4 Å². The summed E-state index contributed by atoms with van der Waals surface area (Å²) in [7, 11) is 0. The lowest BCUT2D eigenvalue weighted by Crippen LogP contribution is -2.36. The Hall–Kier alpha value is -2.21. The van der Waals surface area contributed by atoms with Crippen LogP contribution >= 0.6 is 15.9 Å². The van der Waals surface area contributed by atoms with Crippen molar-refractivity contribution in [3.8, 4) is 0 Å². The van der Waals surface area contributed by atoms with Crippen LogP contribution in [-0.2, 0) is 16.1 Å². The predicted octanol–water partition coefficient (Wildman–Crippen LogP) is 3.26. The fraction of sp³-hybridized carbons (Fsp3) is 0.222. The number of halogens is 2. The molecule has 4 nitrogen and oxygen atoms in total. The molecule has 1 N–H and O–H groups in total. The molecule has 2 amide bonds. The molecule has 0 saturated carbocycles. The minimum atomic E-state index is -0.672. The standard InChI is InChI=1S/C18H16BrFN2O2/c19-13-3-7-15(8-4-13)22-10-9-16(18(22)24)17(23)21-11-12-1-5-14(20)6-2-12/h1-8,16H,9-11H2,(H,21,23)/t16-/m1/s1. The number of hydrogen-bond donors (Lipinski definition) is 1. The highest BCUT2D eigenvalue weighted by Crippen LogP contribution is 2.26. The lowest BCUT2D eigenvalue weighted by atomic mass is 10.1. The molecule has 0 radical (unpaired) electrons. The van der Waals surface area contributed by atoms with E-state index in [9.17, 15) is 14.0 Å². The summed E-state index contributed by atoms with van der Waals surface area (Å²) in [6, 6.07) is 13.3. The third kappa shape index (κ3) is 3.64. The van der Waals surface area contributed by atoms with Gasteiger partial charge in [0.15, 0.2) is 0 Å². The van der Waals surface area contributed by atoms with Gasteiger partial charge in [0.25, 0.3) is 0 Å². The predicted molar refractivity (Wildman–Crippen MR) is 92.8 cm³/mol. The van der Waals surface area contributed by atoms with Crippen LogP contribution in [0.1, 0.15) is 12.0 Å². The average molecular weight is 391 g/mol. The largest absolute Gasteiger partial charge is 0.351 e. The van der Waals surface area contributed by atoms with Crippen molar-refractivity contribution in [2.24, 2.45) is 5.92 Å². The van der Waals surface area contributed by atoms with Crippen LogP contribution in [0.25, 0.3) is 0 Å². The third-order valence-electron chi connectivity index (χ3n) is 4.04. The van der Waals surface area contributed by atoms with Gasteiger partial charge in [-0.25, -0.2) is 4.39 Å². The number of hydrogen-bond acceptors (Lipinski definition) is 2. The highest BCUT2D eigenvalue weighted by Gasteiger charge is 2.37. The Kier molecular flexibility index (Phi) is 4.94. The molecule has 124 valence electrons. The van der Waals surface area contributed by atoms with Gasteiger partial charge in [-0.3, -0.25) is 9.59 Å². The fourth-order valence-electron chi connectivity index (χ4n) is 2.72. The second-order valence-electron chi connectivity index (χ2n) is 5.65. The zero-order valence-corrected chi connectivity index (χ0v) is 14.4. The number of nitrogens with zero attached hydrogens (tertiary/aromatic N) is 1. The Morgan fingerprint density at radius 1 is 1.17 bits per heavy atom. The molecule has 1 saturated heterocycles. The van der Waals surface area contributed by atoms with Gasteiger partial charge in [-0.1, -0.05) is 28.1 Å². The lowest BCUT2D eigenvalue weighted by molar-refractivity contribution is -0.132.